The molecular weight excluding hydrogens is 300 g/mol. The zero-order chi connectivity index (χ0) is 12.4. The highest BCUT2D eigenvalue weighted by Gasteiger charge is 2.17. The van der Waals surface area contributed by atoms with Crippen LogP contribution >= 0.6 is 0 Å². The standard InChI is InChI=1S/C11H12N4O2.BrH/c1-3-5-14-7-15(6-4-2)9-8(14)10(16)13-11(17)12-9;/h3-4,7H,1-2,5-6H2,(H-,12,13,16,17);1H. The fourth-order valence-electron chi connectivity index (χ4n) is 1.78. The Kier molecular flexibility index (Phi) is 4.43. The Hall–Kier alpha value is -1.89. The van der Waals surface area contributed by atoms with Crippen molar-refractivity contribution in [2.45, 2.75) is 13.1 Å². The zero-order valence-electron chi connectivity index (χ0n) is 9.65. The van der Waals surface area contributed by atoms with Crippen LogP contribution in [0.2, 0.25) is 0 Å². The maximum absolute atomic E-state index is 11.7. The van der Waals surface area contributed by atoms with E-state index in [1.54, 1.807) is 27.6 Å². The maximum Gasteiger partial charge on any atom is 0.384 e. The summed E-state index contributed by atoms with van der Waals surface area (Å²) >= 11 is 0. The lowest BCUT2D eigenvalue weighted by molar-refractivity contribution is -0.663. The highest BCUT2D eigenvalue weighted by atomic mass is 79.9. The average Bonchev–Trinajstić information content (AvgIpc) is 2.58. The van der Waals surface area contributed by atoms with Crippen LogP contribution in [0.15, 0.2) is 41.2 Å². The summed E-state index contributed by atoms with van der Waals surface area (Å²) in [6.45, 7) is 8.28. The van der Waals surface area contributed by atoms with Crippen LogP contribution in [-0.2, 0) is 13.1 Å². The molecule has 0 saturated heterocycles. The highest BCUT2D eigenvalue weighted by molar-refractivity contribution is 5.65. The second-order valence-corrected chi connectivity index (χ2v) is 3.60. The quantitative estimate of drug-likeness (QED) is 0.458. The van der Waals surface area contributed by atoms with E-state index in [1.165, 1.54) is 0 Å². The molecule has 0 bridgehead atoms. The Bertz CT molecular complexity index is 695. The lowest BCUT2D eigenvalue weighted by Gasteiger charge is -1.90. The number of imidazole rings is 1. The Morgan fingerprint density at radius 2 is 2.00 bits per heavy atom. The summed E-state index contributed by atoms with van der Waals surface area (Å²) in [7, 11) is 0. The third-order valence-electron chi connectivity index (χ3n) is 2.40. The highest BCUT2D eigenvalue weighted by Crippen LogP contribution is 2.01. The van der Waals surface area contributed by atoms with Crippen LogP contribution in [0, 0.1) is 0 Å². The van der Waals surface area contributed by atoms with Crippen molar-refractivity contribution in [1.29, 1.82) is 0 Å². The molecule has 0 fully saturated rings. The van der Waals surface area contributed by atoms with Crippen molar-refractivity contribution in [3.8, 4) is 0 Å². The molecule has 18 heavy (non-hydrogen) atoms. The summed E-state index contributed by atoms with van der Waals surface area (Å²) in [5, 5.41) is 0. The van der Waals surface area contributed by atoms with Gasteiger partial charge < -0.3 is 17.0 Å². The molecule has 0 spiro atoms. The van der Waals surface area contributed by atoms with Crippen molar-refractivity contribution in [3.05, 3.63) is 52.5 Å². The van der Waals surface area contributed by atoms with Gasteiger partial charge in [0.2, 0.25) is 5.52 Å². The summed E-state index contributed by atoms with van der Waals surface area (Å²) in [6, 6.07) is 0. The van der Waals surface area contributed by atoms with E-state index in [2.05, 4.69) is 23.1 Å². The summed E-state index contributed by atoms with van der Waals surface area (Å²) in [5.74, 6) is 0. The monoisotopic (exact) mass is 312 g/mol. The number of halogens is 1. The minimum Gasteiger partial charge on any atom is -1.00 e. The lowest BCUT2D eigenvalue weighted by Crippen LogP contribution is -3.00. The molecule has 0 aromatic carbocycles. The van der Waals surface area contributed by atoms with Gasteiger partial charge >= 0.3 is 5.69 Å². The predicted octanol–water partition coefficient (Wildman–Crippen LogP) is -3.32. The van der Waals surface area contributed by atoms with E-state index in [1.807, 2.05) is 0 Å². The second-order valence-electron chi connectivity index (χ2n) is 3.60. The van der Waals surface area contributed by atoms with E-state index in [0.29, 0.717) is 24.3 Å². The Balaban J connectivity index is 0.00000162. The van der Waals surface area contributed by atoms with Crippen LogP contribution in [0.4, 0.5) is 0 Å². The third-order valence-corrected chi connectivity index (χ3v) is 2.40. The fraction of sp³-hybridized carbons (Fsp3) is 0.182. The van der Waals surface area contributed by atoms with Gasteiger partial charge in [-0.15, -0.1) is 0 Å². The number of allylic oxidation sites excluding steroid dienone is 2. The molecule has 2 rings (SSSR count). The van der Waals surface area contributed by atoms with E-state index in [-0.39, 0.29) is 17.0 Å². The number of nitrogens with zero attached hydrogens (tertiary/aromatic N) is 2. The van der Waals surface area contributed by atoms with Crippen LogP contribution in [0.25, 0.3) is 11.2 Å². The predicted molar refractivity (Wildman–Crippen MR) is 63.8 cm³/mol. The van der Waals surface area contributed by atoms with E-state index in [4.69, 9.17) is 0 Å². The van der Waals surface area contributed by atoms with Crippen molar-refractivity contribution < 1.29 is 21.5 Å². The smallest absolute Gasteiger partial charge is 0.384 e. The molecule has 0 saturated carbocycles. The van der Waals surface area contributed by atoms with Crippen LogP contribution in [-0.4, -0.2) is 14.5 Å². The molecule has 0 amide bonds. The van der Waals surface area contributed by atoms with Gasteiger partial charge in [-0.1, -0.05) is 25.3 Å². The third kappa shape index (κ3) is 2.35. The molecule has 0 unspecified atom stereocenters. The number of rotatable bonds is 4. The molecule has 2 aromatic rings. The van der Waals surface area contributed by atoms with Gasteiger partial charge in [0.05, 0.1) is 13.1 Å². The molecule has 6 nitrogen and oxygen atoms in total. The maximum atomic E-state index is 11.7. The SMILES string of the molecule is C=CCn1c[n+](CC=C)c2[nH]c(=O)[nH]c(=O)c21.[Br-]. The molecule has 0 aliphatic heterocycles. The van der Waals surface area contributed by atoms with Gasteiger partial charge in [0.25, 0.3) is 11.2 Å². The van der Waals surface area contributed by atoms with Crippen LogP contribution in [0.5, 0.6) is 0 Å². The number of H-pyrrole nitrogens is 2. The number of aromatic nitrogens is 4. The Morgan fingerprint density at radius 1 is 1.28 bits per heavy atom. The Labute approximate surface area is 113 Å². The fourth-order valence-corrected chi connectivity index (χ4v) is 1.78. The molecule has 96 valence electrons. The van der Waals surface area contributed by atoms with Crippen molar-refractivity contribution in [3.63, 3.8) is 0 Å². The molecule has 2 aromatic heterocycles. The molecule has 2 heterocycles. The first-order valence-electron chi connectivity index (χ1n) is 5.14. The molecule has 0 atom stereocenters. The van der Waals surface area contributed by atoms with E-state index in [9.17, 15) is 9.59 Å². The average molecular weight is 313 g/mol. The molecule has 7 heteroatoms. The largest absolute Gasteiger partial charge is 1.00 e. The van der Waals surface area contributed by atoms with Gasteiger partial charge in [-0.25, -0.2) is 14.3 Å². The van der Waals surface area contributed by atoms with Crippen LogP contribution in [0.1, 0.15) is 0 Å². The summed E-state index contributed by atoms with van der Waals surface area (Å²) < 4.78 is 3.48. The van der Waals surface area contributed by atoms with Gasteiger partial charge in [-0.3, -0.25) is 14.3 Å². The first-order chi connectivity index (χ1) is 8.17. The number of aromatic amines is 2. The molecule has 0 aliphatic rings. The molecular formula is C11H13BrN4O2. The normalized spacial score (nSPS) is 10.0. The molecule has 0 aliphatic carbocycles. The van der Waals surface area contributed by atoms with Crippen molar-refractivity contribution in [2.75, 3.05) is 0 Å². The van der Waals surface area contributed by atoms with E-state index < -0.39 is 11.2 Å². The van der Waals surface area contributed by atoms with Crippen molar-refractivity contribution in [1.82, 2.24) is 14.5 Å². The minimum atomic E-state index is -0.517. The summed E-state index contributed by atoms with van der Waals surface area (Å²) in [4.78, 5) is 27.8. The minimum absolute atomic E-state index is 0. The van der Waals surface area contributed by atoms with Crippen LogP contribution < -0.4 is 32.8 Å². The van der Waals surface area contributed by atoms with Crippen molar-refractivity contribution in [2.24, 2.45) is 0 Å². The first kappa shape index (κ1) is 14.2. The summed E-state index contributed by atoms with van der Waals surface area (Å²) in [5.41, 5.74) is -0.0167. The van der Waals surface area contributed by atoms with Gasteiger partial charge in [0.15, 0.2) is 6.33 Å². The van der Waals surface area contributed by atoms with Gasteiger partial charge in [0, 0.05) is 0 Å². The first-order valence-corrected chi connectivity index (χ1v) is 5.14. The lowest BCUT2D eigenvalue weighted by atomic mass is 10.5. The topological polar surface area (TPSA) is 74.5 Å². The van der Waals surface area contributed by atoms with Gasteiger partial charge in [-0.05, 0) is 0 Å². The molecule has 0 radical (unpaired) electrons. The molecule has 2 N–H and O–H groups in total. The zero-order valence-corrected chi connectivity index (χ0v) is 11.2. The number of hydrogen-bond donors (Lipinski definition) is 2. The second kappa shape index (κ2) is 5.63. The van der Waals surface area contributed by atoms with E-state index >= 15 is 0 Å². The number of nitrogens with one attached hydrogen (secondary N) is 2. The number of fused-ring (bicyclic) bond motifs is 1. The summed E-state index contributed by atoms with van der Waals surface area (Å²) in [6.07, 6.45) is 5.12. The Morgan fingerprint density at radius 3 is 2.61 bits per heavy atom. The van der Waals surface area contributed by atoms with Crippen molar-refractivity contribution >= 4 is 11.2 Å². The number of hydrogen-bond acceptors (Lipinski definition) is 2. The van der Waals surface area contributed by atoms with E-state index in [0.717, 1.165) is 0 Å². The van der Waals surface area contributed by atoms with Gasteiger partial charge in [-0.2, -0.15) is 0 Å². The van der Waals surface area contributed by atoms with Crippen LogP contribution in [0.3, 0.4) is 0 Å². The van der Waals surface area contributed by atoms with Gasteiger partial charge in [0.1, 0.15) is 0 Å².